The fraction of sp³-hybridized carbons (Fsp3) is 0.167. The summed E-state index contributed by atoms with van der Waals surface area (Å²) in [7, 11) is 1.64. The fourth-order valence-electron chi connectivity index (χ4n) is 2.26. The van der Waals surface area contributed by atoms with Gasteiger partial charge in [-0.1, -0.05) is 46.7 Å². The molecule has 1 amide bonds. The van der Waals surface area contributed by atoms with Crippen LogP contribution in [0.25, 0.3) is 0 Å². The summed E-state index contributed by atoms with van der Waals surface area (Å²) >= 11 is 13.2. The van der Waals surface area contributed by atoms with E-state index in [-0.39, 0.29) is 5.91 Å². The van der Waals surface area contributed by atoms with Crippen LogP contribution in [0.15, 0.2) is 42.5 Å². The Kier molecular flexibility index (Phi) is 6.08. The van der Waals surface area contributed by atoms with Crippen molar-refractivity contribution in [2.75, 3.05) is 12.4 Å². The highest BCUT2D eigenvalue weighted by molar-refractivity contribution is 7.15. The molecule has 0 saturated carbocycles. The number of amides is 1. The zero-order chi connectivity index (χ0) is 18.5. The molecule has 134 valence electrons. The number of aromatic nitrogens is 2. The van der Waals surface area contributed by atoms with Gasteiger partial charge < -0.3 is 4.74 Å². The summed E-state index contributed by atoms with van der Waals surface area (Å²) in [5, 5.41) is 12.9. The first-order chi connectivity index (χ1) is 12.5. The number of hydrogen-bond donors (Lipinski definition) is 1. The molecule has 0 unspecified atom stereocenters. The van der Waals surface area contributed by atoms with E-state index in [2.05, 4.69) is 15.5 Å². The SMILES string of the molecule is COc1ccc(CCc2nnc(NC(=O)c3ccc(Cl)c(Cl)c3)s2)cc1. The third-order valence-electron chi connectivity index (χ3n) is 3.66. The van der Waals surface area contributed by atoms with Crippen LogP contribution in [-0.4, -0.2) is 23.2 Å². The number of aryl methyl sites for hydroxylation is 2. The predicted octanol–water partition coefficient (Wildman–Crippen LogP) is 4.89. The lowest BCUT2D eigenvalue weighted by Crippen LogP contribution is -2.11. The van der Waals surface area contributed by atoms with E-state index >= 15 is 0 Å². The normalized spacial score (nSPS) is 10.6. The maximum absolute atomic E-state index is 12.2. The van der Waals surface area contributed by atoms with E-state index in [0.717, 1.165) is 23.6 Å². The quantitative estimate of drug-likeness (QED) is 0.631. The maximum atomic E-state index is 12.2. The number of benzene rings is 2. The van der Waals surface area contributed by atoms with Gasteiger partial charge in [-0.25, -0.2) is 0 Å². The second kappa shape index (κ2) is 8.49. The second-order valence-electron chi connectivity index (χ2n) is 5.43. The minimum atomic E-state index is -0.304. The summed E-state index contributed by atoms with van der Waals surface area (Å²) in [6.45, 7) is 0. The molecule has 0 fully saturated rings. The van der Waals surface area contributed by atoms with Gasteiger partial charge in [-0.15, -0.1) is 10.2 Å². The molecule has 8 heteroatoms. The van der Waals surface area contributed by atoms with Gasteiger partial charge in [0.05, 0.1) is 17.2 Å². The van der Waals surface area contributed by atoms with Crippen molar-refractivity contribution in [1.82, 2.24) is 10.2 Å². The van der Waals surface area contributed by atoms with Crippen molar-refractivity contribution < 1.29 is 9.53 Å². The first-order valence-corrected chi connectivity index (χ1v) is 9.34. The number of anilines is 1. The Morgan fingerprint density at radius 3 is 2.54 bits per heavy atom. The molecule has 1 aromatic heterocycles. The zero-order valence-corrected chi connectivity index (χ0v) is 16.2. The molecule has 0 atom stereocenters. The van der Waals surface area contributed by atoms with Crippen LogP contribution in [0.2, 0.25) is 10.0 Å². The Hall–Kier alpha value is -2.15. The minimum absolute atomic E-state index is 0.304. The molecule has 26 heavy (non-hydrogen) atoms. The van der Waals surface area contributed by atoms with Gasteiger partial charge in [0, 0.05) is 12.0 Å². The minimum Gasteiger partial charge on any atom is -0.497 e. The van der Waals surface area contributed by atoms with Crippen LogP contribution in [0.5, 0.6) is 5.75 Å². The van der Waals surface area contributed by atoms with E-state index in [1.54, 1.807) is 19.2 Å². The number of carbonyl (C=O) groups is 1. The molecular weight excluding hydrogens is 393 g/mol. The summed E-state index contributed by atoms with van der Waals surface area (Å²) in [5.74, 6) is 0.526. The number of ether oxygens (including phenoxy) is 1. The van der Waals surface area contributed by atoms with Gasteiger partial charge >= 0.3 is 0 Å². The Morgan fingerprint density at radius 1 is 1.08 bits per heavy atom. The smallest absolute Gasteiger partial charge is 0.257 e. The van der Waals surface area contributed by atoms with Gasteiger partial charge in [-0.05, 0) is 42.3 Å². The molecule has 0 bridgehead atoms. The van der Waals surface area contributed by atoms with Gasteiger partial charge in [0.1, 0.15) is 10.8 Å². The van der Waals surface area contributed by atoms with E-state index in [1.165, 1.54) is 23.0 Å². The van der Waals surface area contributed by atoms with Crippen LogP contribution in [0, 0.1) is 0 Å². The molecular formula is C18H15Cl2N3O2S. The van der Waals surface area contributed by atoms with Crippen LogP contribution >= 0.6 is 34.5 Å². The third-order valence-corrected chi connectivity index (χ3v) is 5.29. The molecule has 1 heterocycles. The average Bonchev–Trinajstić information content (AvgIpc) is 3.10. The molecule has 2 aromatic carbocycles. The van der Waals surface area contributed by atoms with E-state index in [4.69, 9.17) is 27.9 Å². The number of nitrogens with zero attached hydrogens (tertiary/aromatic N) is 2. The van der Waals surface area contributed by atoms with Gasteiger partial charge in [0.2, 0.25) is 5.13 Å². The summed E-state index contributed by atoms with van der Waals surface area (Å²) in [6.07, 6.45) is 1.58. The number of nitrogens with one attached hydrogen (secondary N) is 1. The van der Waals surface area contributed by atoms with Crippen LogP contribution < -0.4 is 10.1 Å². The monoisotopic (exact) mass is 407 g/mol. The molecule has 0 aliphatic carbocycles. The topological polar surface area (TPSA) is 64.1 Å². The summed E-state index contributed by atoms with van der Waals surface area (Å²) in [6, 6.07) is 12.6. The number of halogens is 2. The summed E-state index contributed by atoms with van der Waals surface area (Å²) in [4.78, 5) is 12.2. The van der Waals surface area contributed by atoms with Crippen molar-refractivity contribution in [3.8, 4) is 5.75 Å². The Labute approximate surface area is 164 Å². The number of methoxy groups -OCH3 is 1. The number of rotatable bonds is 6. The maximum Gasteiger partial charge on any atom is 0.257 e. The molecule has 0 saturated heterocycles. The van der Waals surface area contributed by atoms with Crippen LogP contribution in [0.1, 0.15) is 20.9 Å². The van der Waals surface area contributed by atoms with Crippen molar-refractivity contribution in [1.29, 1.82) is 0 Å². The molecule has 3 rings (SSSR count). The Morgan fingerprint density at radius 2 is 1.85 bits per heavy atom. The molecule has 1 N–H and O–H groups in total. The molecule has 0 aliphatic rings. The van der Waals surface area contributed by atoms with E-state index in [1.807, 2.05) is 24.3 Å². The third kappa shape index (κ3) is 4.72. The van der Waals surface area contributed by atoms with Crippen molar-refractivity contribution >= 4 is 45.6 Å². The van der Waals surface area contributed by atoms with Crippen LogP contribution in [0.3, 0.4) is 0 Å². The van der Waals surface area contributed by atoms with E-state index < -0.39 is 0 Å². The molecule has 3 aromatic rings. The number of hydrogen-bond acceptors (Lipinski definition) is 5. The average molecular weight is 408 g/mol. The van der Waals surface area contributed by atoms with Crippen molar-refractivity contribution in [3.05, 3.63) is 68.6 Å². The van der Waals surface area contributed by atoms with Gasteiger partial charge in [0.25, 0.3) is 5.91 Å². The van der Waals surface area contributed by atoms with Crippen LogP contribution in [0.4, 0.5) is 5.13 Å². The van der Waals surface area contributed by atoms with Gasteiger partial charge in [-0.2, -0.15) is 0 Å². The van der Waals surface area contributed by atoms with E-state index in [9.17, 15) is 4.79 Å². The Balaban J connectivity index is 1.58. The molecule has 0 spiro atoms. The molecule has 0 radical (unpaired) electrons. The van der Waals surface area contributed by atoms with Gasteiger partial charge in [0.15, 0.2) is 0 Å². The predicted molar refractivity (Wildman–Crippen MR) is 105 cm³/mol. The molecule has 0 aliphatic heterocycles. The lowest BCUT2D eigenvalue weighted by molar-refractivity contribution is 0.102. The zero-order valence-electron chi connectivity index (χ0n) is 13.8. The Bertz CT molecular complexity index is 913. The standard InChI is InChI=1S/C18H15Cl2N3O2S/c1-25-13-6-2-11(3-7-13)4-9-16-22-23-18(26-16)21-17(24)12-5-8-14(19)15(20)10-12/h2-3,5-8,10H,4,9H2,1H3,(H,21,23,24). The summed E-state index contributed by atoms with van der Waals surface area (Å²) < 4.78 is 5.15. The van der Waals surface area contributed by atoms with Crippen molar-refractivity contribution in [2.24, 2.45) is 0 Å². The van der Waals surface area contributed by atoms with Crippen molar-refractivity contribution in [2.45, 2.75) is 12.8 Å². The van der Waals surface area contributed by atoms with E-state index in [0.29, 0.717) is 20.7 Å². The van der Waals surface area contributed by atoms with Crippen molar-refractivity contribution in [3.63, 3.8) is 0 Å². The number of carbonyl (C=O) groups excluding carboxylic acids is 1. The lowest BCUT2D eigenvalue weighted by Gasteiger charge is -2.03. The largest absolute Gasteiger partial charge is 0.497 e. The first-order valence-electron chi connectivity index (χ1n) is 7.77. The van der Waals surface area contributed by atoms with Crippen LogP contribution in [-0.2, 0) is 12.8 Å². The highest BCUT2D eigenvalue weighted by Crippen LogP contribution is 2.24. The highest BCUT2D eigenvalue weighted by Gasteiger charge is 2.12. The fourth-order valence-corrected chi connectivity index (χ4v) is 3.29. The first kappa shape index (κ1) is 18.6. The second-order valence-corrected chi connectivity index (χ2v) is 7.31. The highest BCUT2D eigenvalue weighted by atomic mass is 35.5. The summed E-state index contributed by atoms with van der Waals surface area (Å²) in [5.41, 5.74) is 1.59. The van der Waals surface area contributed by atoms with Gasteiger partial charge in [-0.3, -0.25) is 10.1 Å². The lowest BCUT2D eigenvalue weighted by atomic mass is 10.1. The molecule has 5 nitrogen and oxygen atoms in total.